The summed E-state index contributed by atoms with van der Waals surface area (Å²) < 4.78 is 7.28. The van der Waals surface area contributed by atoms with Crippen LogP contribution >= 0.6 is 0 Å². The number of nitrogens with zero attached hydrogens (tertiary/aromatic N) is 6. The van der Waals surface area contributed by atoms with E-state index in [1.807, 2.05) is 35.2 Å². The summed E-state index contributed by atoms with van der Waals surface area (Å²) in [5, 5.41) is 5.29. The monoisotopic (exact) mass is 430 g/mol. The van der Waals surface area contributed by atoms with E-state index in [-0.39, 0.29) is 5.91 Å². The van der Waals surface area contributed by atoms with Crippen molar-refractivity contribution in [3.8, 4) is 11.3 Å². The van der Waals surface area contributed by atoms with Gasteiger partial charge in [0, 0.05) is 37.1 Å². The van der Waals surface area contributed by atoms with Gasteiger partial charge in [-0.25, -0.2) is 9.67 Å². The van der Waals surface area contributed by atoms with E-state index >= 15 is 0 Å². The number of carbonyl (C=O) groups excluding carboxylic acids is 1. The van der Waals surface area contributed by atoms with Crippen LogP contribution in [0, 0.1) is 0 Å². The highest BCUT2D eigenvalue weighted by Crippen LogP contribution is 2.27. The van der Waals surface area contributed by atoms with Gasteiger partial charge in [0.1, 0.15) is 12.3 Å². The fraction of sp³-hybridized carbons (Fsp3) is 0.333. The lowest BCUT2D eigenvalue weighted by atomic mass is 10.0. The van der Waals surface area contributed by atoms with Crippen molar-refractivity contribution in [2.75, 3.05) is 27.2 Å². The molecular weight excluding hydrogens is 404 g/mol. The molecule has 32 heavy (non-hydrogen) atoms. The van der Waals surface area contributed by atoms with Crippen molar-refractivity contribution in [2.45, 2.75) is 25.4 Å². The number of likely N-dealkylation sites (N-methyl/N-ethyl adjacent to an activating group) is 1. The second kappa shape index (κ2) is 8.55. The second-order valence-corrected chi connectivity index (χ2v) is 8.43. The van der Waals surface area contributed by atoms with Crippen molar-refractivity contribution in [3.05, 3.63) is 66.5 Å². The van der Waals surface area contributed by atoms with Gasteiger partial charge in [0.05, 0.1) is 29.1 Å². The lowest BCUT2D eigenvalue weighted by Crippen LogP contribution is -2.47. The summed E-state index contributed by atoms with van der Waals surface area (Å²) in [6.07, 6.45) is 8.96. The zero-order valence-electron chi connectivity index (χ0n) is 18.3. The van der Waals surface area contributed by atoms with E-state index in [1.54, 1.807) is 29.5 Å². The summed E-state index contributed by atoms with van der Waals surface area (Å²) >= 11 is 0. The van der Waals surface area contributed by atoms with Crippen molar-refractivity contribution in [2.24, 2.45) is 0 Å². The summed E-state index contributed by atoms with van der Waals surface area (Å²) in [7, 11) is 4.14. The molecule has 0 aliphatic carbocycles. The molecule has 1 aliphatic rings. The summed E-state index contributed by atoms with van der Waals surface area (Å²) in [5.74, 6) is 0.799. The third-order valence-electron chi connectivity index (χ3n) is 6.10. The molecule has 164 valence electrons. The number of rotatable bonds is 5. The van der Waals surface area contributed by atoms with Gasteiger partial charge in [-0.1, -0.05) is 0 Å². The second-order valence-electron chi connectivity index (χ2n) is 8.43. The molecule has 0 radical (unpaired) electrons. The quantitative estimate of drug-likeness (QED) is 0.483. The number of aromatic nitrogens is 4. The van der Waals surface area contributed by atoms with Crippen LogP contribution in [0.4, 0.5) is 0 Å². The fourth-order valence-corrected chi connectivity index (χ4v) is 4.28. The van der Waals surface area contributed by atoms with Crippen LogP contribution in [0.15, 0.2) is 59.6 Å². The van der Waals surface area contributed by atoms with E-state index in [1.165, 1.54) is 0 Å². The molecule has 1 aliphatic heterocycles. The van der Waals surface area contributed by atoms with Gasteiger partial charge in [0.25, 0.3) is 5.91 Å². The minimum absolute atomic E-state index is 0.0200. The smallest absolute Gasteiger partial charge is 0.254 e. The summed E-state index contributed by atoms with van der Waals surface area (Å²) in [5.41, 5.74) is 2.85. The molecule has 0 spiro atoms. The molecule has 4 aromatic heterocycles. The van der Waals surface area contributed by atoms with Crippen LogP contribution in [0.1, 0.15) is 29.0 Å². The third-order valence-corrected chi connectivity index (χ3v) is 6.10. The van der Waals surface area contributed by atoms with Crippen molar-refractivity contribution >= 4 is 16.9 Å². The summed E-state index contributed by atoms with van der Waals surface area (Å²) in [6.45, 7) is 1.92. The number of hydrogen-bond acceptors (Lipinski definition) is 6. The topological polar surface area (TPSA) is 80.3 Å². The molecule has 1 fully saturated rings. The Hall–Kier alpha value is -3.52. The Morgan fingerprint density at radius 1 is 1.25 bits per heavy atom. The predicted molar refractivity (Wildman–Crippen MR) is 121 cm³/mol. The molecule has 8 heteroatoms. The number of carbonyl (C=O) groups is 1. The van der Waals surface area contributed by atoms with Crippen LogP contribution < -0.4 is 0 Å². The lowest BCUT2D eigenvalue weighted by Gasteiger charge is -2.36. The number of likely N-dealkylation sites (tertiary alicyclic amines) is 1. The maximum Gasteiger partial charge on any atom is 0.254 e. The van der Waals surface area contributed by atoms with Gasteiger partial charge in [-0.05, 0) is 57.3 Å². The lowest BCUT2D eigenvalue weighted by molar-refractivity contribution is 0.0637. The highest BCUT2D eigenvalue weighted by molar-refractivity contribution is 6.06. The molecule has 8 nitrogen and oxygen atoms in total. The van der Waals surface area contributed by atoms with Gasteiger partial charge < -0.3 is 14.2 Å². The fourth-order valence-electron chi connectivity index (χ4n) is 4.28. The highest BCUT2D eigenvalue weighted by Gasteiger charge is 2.28. The normalized spacial score (nSPS) is 16.7. The average molecular weight is 431 g/mol. The average Bonchev–Trinajstić information content (AvgIpc) is 3.49. The van der Waals surface area contributed by atoms with Gasteiger partial charge in [-0.2, -0.15) is 5.10 Å². The van der Waals surface area contributed by atoms with Crippen LogP contribution in [0.3, 0.4) is 0 Å². The van der Waals surface area contributed by atoms with Crippen molar-refractivity contribution in [1.29, 1.82) is 0 Å². The summed E-state index contributed by atoms with van der Waals surface area (Å²) in [4.78, 5) is 26.9. The number of amides is 1. The number of furan rings is 1. The molecule has 1 atom stereocenters. The zero-order chi connectivity index (χ0) is 22.1. The van der Waals surface area contributed by atoms with Crippen molar-refractivity contribution in [1.82, 2.24) is 29.5 Å². The molecule has 1 unspecified atom stereocenters. The van der Waals surface area contributed by atoms with Gasteiger partial charge in [0.2, 0.25) is 0 Å². The minimum atomic E-state index is 0.0200. The molecule has 1 amide bonds. The van der Waals surface area contributed by atoms with Crippen molar-refractivity contribution < 1.29 is 9.21 Å². The Labute approximate surface area is 186 Å². The summed E-state index contributed by atoms with van der Waals surface area (Å²) in [6, 6.07) is 9.81. The van der Waals surface area contributed by atoms with E-state index < -0.39 is 0 Å². The van der Waals surface area contributed by atoms with Gasteiger partial charge >= 0.3 is 0 Å². The van der Waals surface area contributed by atoms with E-state index in [4.69, 9.17) is 9.40 Å². The van der Waals surface area contributed by atoms with Crippen LogP contribution in [0.2, 0.25) is 0 Å². The van der Waals surface area contributed by atoms with Gasteiger partial charge in [-0.3, -0.25) is 9.78 Å². The first kappa shape index (κ1) is 20.4. The molecular formula is C24H26N6O2. The van der Waals surface area contributed by atoms with Crippen LogP contribution in [-0.4, -0.2) is 68.7 Å². The molecule has 5 rings (SSSR count). The van der Waals surface area contributed by atoms with Gasteiger partial charge in [-0.15, -0.1) is 0 Å². The first-order chi connectivity index (χ1) is 15.6. The Balaban J connectivity index is 1.59. The maximum absolute atomic E-state index is 13.7. The van der Waals surface area contributed by atoms with Crippen LogP contribution in [-0.2, 0) is 6.54 Å². The highest BCUT2D eigenvalue weighted by atomic mass is 16.3. The SMILES string of the molecule is CN(C)C1CCCN(C(=O)c2cc(-c3cccnc3)nc3c2cnn3Cc2ccco2)C1. The molecule has 4 aromatic rings. The van der Waals surface area contributed by atoms with E-state index in [9.17, 15) is 4.79 Å². The number of hydrogen-bond donors (Lipinski definition) is 0. The van der Waals surface area contributed by atoms with Gasteiger partial charge in [0.15, 0.2) is 5.65 Å². The first-order valence-corrected chi connectivity index (χ1v) is 10.8. The minimum Gasteiger partial charge on any atom is -0.467 e. The molecule has 5 heterocycles. The largest absolute Gasteiger partial charge is 0.467 e. The zero-order valence-corrected chi connectivity index (χ0v) is 18.3. The molecule has 0 aromatic carbocycles. The number of fused-ring (bicyclic) bond motifs is 1. The van der Waals surface area contributed by atoms with Crippen molar-refractivity contribution in [3.63, 3.8) is 0 Å². The molecule has 0 saturated carbocycles. The Bertz CT molecular complexity index is 1220. The van der Waals surface area contributed by atoms with E-state index in [2.05, 4.69) is 29.1 Å². The van der Waals surface area contributed by atoms with E-state index in [0.717, 1.165) is 42.6 Å². The molecule has 0 bridgehead atoms. The Morgan fingerprint density at radius 2 is 2.16 bits per heavy atom. The third kappa shape index (κ3) is 3.89. The predicted octanol–water partition coefficient (Wildman–Crippen LogP) is 3.30. The van der Waals surface area contributed by atoms with E-state index in [0.29, 0.717) is 29.5 Å². The first-order valence-electron chi connectivity index (χ1n) is 10.8. The Morgan fingerprint density at radius 3 is 2.91 bits per heavy atom. The van der Waals surface area contributed by atoms with Crippen LogP contribution in [0.25, 0.3) is 22.3 Å². The molecule has 0 N–H and O–H groups in total. The molecule has 1 saturated heterocycles. The van der Waals surface area contributed by atoms with Crippen LogP contribution in [0.5, 0.6) is 0 Å². The number of piperidine rings is 1. The Kier molecular flexibility index (Phi) is 5.45. The number of pyridine rings is 2. The maximum atomic E-state index is 13.7. The standard InChI is InChI=1S/C24H26N6O2/c1-28(2)18-7-4-10-29(15-18)24(31)20-12-22(17-6-3-9-25-13-17)27-23-21(20)14-26-30(23)16-19-8-5-11-32-19/h3,5-6,8-9,11-14,18H,4,7,10,15-16H2,1-2H3.